The SMILES string of the molecule is Cc1ccc(N(c2cc(C(=O)NCCc3cnn(C)c3)ccc2C)S(=O)O)cc1. The summed E-state index contributed by atoms with van der Waals surface area (Å²) < 4.78 is 25.0. The van der Waals surface area contributed by atoms with E-state index in [9.17, 15) is 13.6 Å². The molecule has 8 heteroatoms. The van der Waals surface area contributed by atoms with Crippen LogP contribution in [0.5, 0.6) is 0 Å². The summed E-state index contributed by atoms with van der Waals surface area (Å²) in [6.07, 6.45) is 4.35. The Labute approximate surface area is 172 Å². The van der Waals surface area contributed by atoms with Crippen LogP contribution in [-0.4, -0.2) is 31.0 Å². The summed E-state index contributed by atoms with van der Waals surface area (Å²) in [6.45, 7) is 4.26. The number of aryl methyl sites for hydroxylation is 3. The first-order valence-electron chi connectivity index (χ1n) is 9.19. The third-order valence-corrected chi connectivity index (χ3v) is 5.29. The van der Waals surface area contributed by atoms with Gasteiger partial charge in [0.25, 0.3) is 17.2 Å². The van der Waals surface area contributed by atoms with Gasteiger partial charge in [0.1, 0.15) is 0 Å². The van der Waals surface area contributed by atoms with Crippen LogP contribution in [0, 0.1) is 13.8 Å². The molecule has 2 N–H and O–H groups in total. The highest BCUT2D eigenvalue weighted by molar-refractivity contribution is 7.81. The fraction of sp³-hybridized carbons (Fsp3) is 0.238. The number of carbonyl (C=O) groups is 1. The van der Waals surface area contributed by atoms with Crippen molar-refractivity contribution in [3.05, 3.63) is 77.1 Å². The Morgan fingerprint density at radius 1 is 1.21 bits per heavy atom. The quantitative estimate of drug-likeness (QED) is 0.583. The van der Waals surface area contributed by atoms with Gasteiger partial charge in [-0.15, -0.1) is 0 Å². The number of hydrogen-bond donors (Lipinski definition) is 2. The summed E-state index contributed by atoms with van der Waals surface area (Å²) in [5.74, 6) is -0.234. The Bertz CT molecular complexity index is 1030. The largest absolute Gasteiger partial charge is 0.352 e. The molecule has 1 amide bonds. The molecule has 2 aromatic carbocycles. The maximum absolute atomic E-state index is 12.6. The molecule has 29 heavy (non-hydrogen) atoms. The van der Waals surface area contributed by atoms with E-state index in [1.54, 1.807) is 41.2 Å². The van der Waals surface area contributed by atoms with Crippen LogP contribution in [0.4, 0.5) is 11.4 Å². The third kappa shape index (κ3) is 5.10. The minimum absolute atomic E-state index is 0.234. The average Bonchev–Trinajstić information content (AvgIpc) is 3.09. The van der Waals surface area contributed by atoms with Crippen LogP contribution >= 0.6 is 0 Å². The lowest BCUT2D eigenvalue weighted by molar-refractivity contribution is 0.0954. The van der Waals surface area contributed by atoms with E-state index in [1.165, 1.54) is 4.31 Å². The van der Waals surface area contributed by atoms with E-state index in [-0.39, 0.29) is 5.91 Å². The second-order valence-corrected chi connectivity index (χ2v) is 7.72. The van der Waals surface area contributed by atoms with Gasteiger partial charge in [-0.2, -0.15) is 5.10 Å². The van der Waals surface area contributed by atoms with Gasteiger partial charge >= 0.3 is 0 Å². The number of carbonyl (C=O) groups excluding carboxylic acids is 1. The van der Waals surface area contributed by atoms with E-state index in [2.05, 4.69) is 10.4 Å². The maximum Gasteiger partial charge on any atom is 0.266 e. The Morgan fingerprint density at radius 2 is 1.93 bits per heavy atom. The second-order valence-electron chi connectivity index (χ2n) is 6.89. The van der Waals surface area contributed by atoms with Gasteiger partial charge in [-0.05, 0) is 55.7 Å². The van der Waals surface area contributed by atoms with Gasteiger partial charge < -0.3 is 5.32 Å². The number of nitrogens with zero attached hydrogens (tertiary/aromatic N) is 3. The zero-order valence-electron chi connectivity index (χ0n) is 16.6. The maximum atomic E-state index is 12.6. The van der Waals surface area contributed by atoms with Crippen molar-refractivity contribution < 1.29 is 13.6 Å². The summed E-state index contributed by atoms with van der Waals surface area (Å²) >= 11 is -2.28. The number of aromatic nitrogens is 2. The molecule has 0 radical (unpaired) electrons. The molecular formula is C21H24N4O3S. The van der Waals surface area contributed by atoms with Crippen molar-refractivity contribution >= 4 is 28.5 Å². The monoisotopic (exact) mass is 412 g/mol. The molecule has 0 bridgehead atoms. The number of benzene rings is 2. The molecule has 0 saturated carbocycles. The molecule has 0 aliphatic rings. The van der Waals surface area contributed by atoms with Crippen molar-refractivity contribution in [1.82, 2.24) is 15.1 Å². The van der Waals surface area contributed by atoms with Crippen LogP contribution in [0.25, 0.3) is 0 Å². The highest BCUT2D eigenvalue weighted by Crippen LogP contribution is 2.30. The Kier molecular flexibility index (Phi) is 6.46. The van der Waals surface area contributed by atoms with Crippen molar-refractivity contribution in [2.45, 2.75) is 20.3 Å². The van der Waals surface area contributed by atoms with Crippen LogP contribution in [0.15, 0.2) is 54.9 Å². The highest BCUT2D eigenvalue weighted by Gasteiger charge is 2.19. The normalized spacial score (nSPS) is 11.9. The summed E-state index contributed by atoms with van der Waals surface area (Å²) in [7, 11) is 1.85. The molecule has 1 unspecified atom stereocenters. The van der Waals surface area contributed by atoms with E-state index < -0.39 is 11.3 Å². The summed E-state index contributed by atoms with van der Waals surface area (Å²) in [6, 6.07) is 12.4. The number of rotatable bonds is 7. The molecule has 7 nitrogen and oxygen atoms in total. The van der Waals surface area contributed by atoms with Crippen LogP contribution in [-0.2, 0) is 24.7 Å². The zero-order valence-corrected chi connectivity index (χ0v) is 17.4. The van der Waals surface area contributed by atoms with Crippen molar-refractivity contribution in [3.8, 4) is 0 Å². The summed E-state index contributed by atoms with van der Waals surface area (Å²) in [4.78, 5) is 12.6. The first-order valence-corrected chi connectivity index (χ1v) is 10.3. The number of amides is 1. The lowest BCUT2D eigenvalue weighted by Gasteiger charge is -2.23. The number of anilines is 2. The minimum atomic E-state index is -2.28. The Hall–Kier alpha value is -2.97. The standard InChI is InChI=1S/C21H24N4O3S/c1-15-4-8-19(9-5-15)25(29(27)28)20-12-18(7-6-16(20)2)21(26)22-11-10-17-13-23-24(3)14-17/h4-9,12-14H,10-11H2,1-3H3,(H,22,26)(H,27,28). The third-order valence-electron chi connectivity index (χ3n) is 4.57. The predicted octanol–water partition coefficient (Wildman–Crippen LogP) is 3.28. The number of nitrogens with one attached hydrogen (secondary N) is 1. The molecule has 0 aliphatic heterocycles. The van der Waals surface area contributed by atoms with Crippen molar-refractivity contribution in [3.63, 3.8) is 0 Å². The Balaban J connectivity index is 1.79. The van der Waals surface area contributed by atoms with Gasteiger partial charge in [-0.3, -0.25) is 14.0 Å². The smallest absolute Gasteiger partial charge is 0.266 e. The van der Waals surface area contributed by atoms with Crippen LogP contribution in [0.3, 0.4) is 0 Å². The van der Waals surface area contributed by atoms with Crippen LogP contribution in [0.1, 0.15) is 27.0 Å². The fourth-order valence-corrected chi connectivity index (χ4v) is 3.65. The molecule has 1 atom stereocenters. The average molecular weight is 413 g/mol. The van der Waals surface area contributed by atoms with Gasteiger partial charge in [0.15, 0.2) is 0 Å². The van der Waals surface area contributed by atoms with E-state index in [1.807, 2.05) is 39.2 Å². The minimum Gasteiger partial charge on any atom is -0.352 e. The molecule has 0 aliphatic carbocycles. The van der Waals surface area contributed by atoms with Gasteiger partial charge in [0.2, 0.25) is 0 Å². The molecule has 0 fully saturated rings. The lowest BCUT2D eigenvalue weighted by atomic mass is 10.1. The molecule has 3 aromatic rings. The van der Waals surface area contributed by atoms with Crippen molar-refractivity contribution in [2.75, 3.05) is 10.8 Å². The topological polar surface area (TPSA) is 87.5 Å². The second kappa shape index (κ2) is 9.02. The van der Waals surface area contributed by atoms with E-state index in [0.717, 1.165) is 16.7 Å². The molecule has 3 rings (SSSR count). The lowest BCUT2D eigenvalue weighted by Crippen LogP contribution is -2.26. The zero-order chi connectivity index (χ0) is 21.0. The molecule has 0 saturated heterocycles. The molecule has 0 spiro atoms. The molecular weight excluding hydrogens is 388 g/mol. The summed E-state index contributed by atoms with van der Waals surface area (Å²) in [5.41, 5.74) is 4.40. The first-order chi connectivity index (χ1) is 13.8. The van der Waals surface area contributed by atoms with Gasteiger partial charge in [0, 0.05) is 25.4 Å². The van der Waals surface area contributed by atoms with Crippen molar-refractivity contribution in [2.24, 2.45) is 7.05 Å². The molecule has 1 aromatic heterocycles. The summed E-state index contributed by atoms with van der Waals surface area (Å²) in [5, 5.41) is 7.00. The van der Waals surface area contributed by atoms with Gasteiger partial charge in [-0.1, -0.05) is 23.8 Å². The van der Waals surface area contributed by atoms with E-state index >= 15 is 0 Å². The predicted molar refractivity (Wildman–Crippen MR) is 115 cm³/mol. The van der Waals surface area contributed by atoms with E-state index in [4.69, 9.17) is 0 Å². The Morgan fingerprint density at radius 3 is 2.55 bits per heavy atom. The van der Waals surface area contributed by atoms with Crippen LogP contribution in [0.2, 0.25) is 0 Å². The van der Waals surface area contributed by atoms with Crippen LogP contribution < -0.4 is 9.62 Å². The molecule has 1 heterocycles. The van der Waals surface area contributed by atoms with Crippen molar-refractivity contribution in [1.29, 1.82) is 0 Å². The van der Waals surface area contributed by atoms with E-state index in [0.29, 0.717) is 29.9 Å². The number of hydrogen-bond acceptors (Lipinski definition) is 3. The first kappa shape index (κ1) is 20.8. The highest BCUT2D eigenvalue weighted by atomic mass is 32.2. The van der Waals surface area contributed by atoms with Gasteiger partial charge in [0.05, 0.1) is 17.6 Å². The van der Waals surface area contributed by atoms with Gasteiger partial charge in [-0.25, -0.2) is 8.51 Å². The molecule has 152 valence electrons. The fourth-order valence-electron chi connectivity index (χ4n) is 2.99.